The average Bonchev–Trinajstić information content (AvgIpc) is 2.66. The van der Waals surface area contributed by atoms with Crippen LogP contribution in [0, 0.1) is 18.3 Å². The van der Waals surface area contributed by atoms with Crippen LogP contribution in [0.1, 0.15) is 37.6 Å². The normalized spacial score (nSPS) is 11.4. The van der Waals surface area contributed by atoms with E-state index in [9.17, 15) is 5.26 Å². The molecular formula is C15H15BrClN3. The summed E-state index contributed by atoms with van der Waals surface area (Å²) in [4.78, 5) is 0. The second kappa shape index (κ2) is 5.23. The van der Waals surface area contributed by atoms with Crippen molar-refractivity contribution in [2.45, 2.75) is 33.1 Å². The molecule has 0 aliphatic rings. The first-order valence-corrected chi connectivity index (χ1v) is 7.38. The second-order valence-electron chi connectivity index (χ2n) is 5.72. The second-order valence-corrected chi connectivity index (χ2v) is 6.99. The van der Waals surface area contributed by atoms with Gasteiger partial charge in [-0.3, -0.25) is 0 Å². The minimum atomic E-state index is -0.233. The van der Waals surface area contributed by atoms with Crippen LogP contribution in [0.4, 0.5) is 0 Å². The van der Waals surface area contributed by atoms with E-state index in [1.54, 1.807) is 4.68 Å². The molecule has 0 aliphatic carbocycles. The minimum Gasteiger partial charge on any atom is -0.220 e. The van der Waals surface area contributed by atoms with Crippen molar-refractivity contribution < 1.29 is 0 Å². The van der Waals surface area contributed by atoms with Gasteiger partial charge in [-0.25, -0.2) is 4.68 Å². The number of aromatic nitrogens is 2. The average molecular weight is 353 g/mol. The summed E-state index contributed by atoms with van der Waals surface area (Å²) in [6.07, 6.45) is 0. The first-order chi connectivity index (χ1) is 9.25. The molecule has 0 atom stereocenters. The molecule has 0 spiro atoms. The van der Waals surface area contributed by atoms with Gasteiger partial charge >= 0.3 is 0 Å². The van der Waals surface area contributed by atoms with Gasteiger partial charge in [0, 0.05) is 9.89 Å². The largest absolute Gasteiger partial charge is 0.220 e. The lowest BCUT2D eigenvalue weighted by Crippen LogP contribution is -2.14. The van der Waals surface area contributed by atoms with Crippen LogP contribution in [0.25, 0.3) is 5.69 Å². The van der Waals surface area contributed by atoms with Crippen LogP contribution in [0.2, 0.25) is 5.15 Å². The Labute approximate surface area is 132 Å². The maximum absolute atomic E-state index is 9.34. The number of benzene rings is 1. The summed E-state index contributed by atoms with van der Waals surface area (Å²) in [6, 6.07) is 8.03. The first-order valence-electron chi connectivity index (χ1n) is 6.21. The number of hydrogen-bond donors (Lipinski definition) is 0. The van der Waals surface area contributed by atoms with Gasteiger partial charge in [0.1, 0.15) is 11.6 Å². The zero-order valence-electron chi connectivity index (χ0n) is 11.8. The third-order valence-corrected chi connectivity index (χ3v) is 3.88. The van der Waals surface area contributed by atoms with Gasteiger partial charge in [-0.2, -0.15) is 10.4 Å². The molecule has 1 aromatic carbocycles. The predicted octanol–water partition coefficient (Wildman–Crippen LogP) is 4.77. The predicted molar refractivity (Wildman–Crippen MR) is 84.4 cm³/mol. The Kier molecular flexibility index (Phi) is 3.95. The molecule has 0 N–H and O–H groups in total. The maximum atomic E-state index is 9.34. The van der Waals surface area contributed by atoms with Gasteiger partial charge in [0.05, 0.1) is 11.4 Å². The fraction of sp³-hybridized carbons (Fsp3) is 0.333. The van der Waals surface area contributed by atoms with Crippen molar-refractivity contribution in [3.63, 3.8) is 0 Å². The van der Waals surface area contributed by atoms with Gasteiger partial charge in [-0.1, -0.05) is 48.3 Å². The van der Waals surface area contributed by atoms with E-state index in [0.717, 1.165) is 15.7 Å². The monoisotopic (exact) mass is 351 g/mol. The van der Waals surface area contributed by atoms with Crippen molar-refractivity contribution in [2.75, 3.05) is 0 Å². The van der Waals surface area contributed by atoms with Crippen molar-refractivity contribution in [3.05, 3.63) is 44.6 Å². The molecule has 0 bridgehead atoms. The number of rotatable bonds is 1. The zero-order valence-corrected chi connectivity index (χ0v) is 14.2. The first kappa shape index (κ1) is 15.1. The van der Waals surface area contributed by atoms with Crippen LogP contribution in [-0.2, 0) is 5.41 Å². The summed E-state index contributed by atoms with van der Waals surface area (Å²) in [5, 5.41) is 14.3. The molecule has 0 amide bonds. The Morgan fingerprint density at radius 1 is 1.35 bits per heavy atom. The van der Waals surface area contributed by atoms with Gasteiger partial charge in [-0.05, 0) is 30.7 Å². The quantitative estimate of drug-likeness (QED) is 0.742. The molecule has 1 aromatic heterocycles. The summed E-state index contributed by atoms with van der Waals surface area (Å²) in [5.74, 6) is 0. The molecule has 0 radical (unpaired) electrons. The van der Waals surface area contributed by atoms with Gasteiger partial charge < -0.3 is 0 Å². The third-order valence-electron chi connectivity index (χ3n) is 3.04. The highest BCUT2D eigenvalue weighted by Gasteiger charge is 2.27. The van der Waals surface area contributed by atoms with E-state index >= 15 is 0 Å². The third kappa shape index (κ3) is 2.61. The highest BCUT2D eigenvalue weighted by molar-refractivity contribution is 9.10. The van der Waals surface area contributed by atoms with E-state index < -0.39 is 0 Å². The number of nitriles is 1. The van der Waals surface area contributed by atoms with Crippen LogP contribution < -0.4 is 0 Å². The van der Waals surface area contributed by atoms with E-state index in [-0.39, 0.29) is 5.41 Å². The van der Waals surface area contributed by atoms with Crippen molar-refractivity contribution >= 4 is 27.5 Å². The molecule has 2 rings (SSSR count). The van der Waals surface area contributed by atoms with Crippen LogP contribution in [0.5, 0.6) is 0 Å². The molecule has 1 heterocycles. The Morgan fingerprint density at radius 3 is 2.45 bits per heavy atom. The Bertz CT molecular complexity index is 705. The van der Waals surface area contributed by atoms with E-state index in [1.165, 1.54) is 0 Å². The highest BCUT2D eigenvalue weighted by Crippen LogP contribution is 2.32. The summed E-state index contributed by atoms with van der Waals surface area (Å²) >= 11 is 9.79. The zero-order chi connectivity index (χ0) is 15.1. The van der Waals surface area contributed by atoms with Crippen LogP contribution >= 0.6 is 27.5 Å². The van der Waals surface area contributed by atoms with E-state index in [1.807, 2.05) is 45.9 Å². The van der Waals surface area contributed by atoms with Crippen molar-refractivity contribution in [2.24, 2.45) is 0 Å². The lowest BCUT2D eigenvalue weighted by atomic mass is 9.90. The van der Waals surface area contributed by atoms with E-state index in [2.05, 4.69) is 27.1 Å². The van der Waals surface area contributed by atoms with Crippen molar-refractivity contribution in [1.29, 1.82) is 5.26 Å². The maximum Gasteiger partial charge on any atom is 0.150 e. The number of aryl methyl sites for hydroxylation is 1. The van der Waals surface area contributed by atoms with Crippen LogP contribution in [-0.4, -0.2) is 9.78 Å². The molecule has 104 valence electrons. The number of nitrogens with zero attached hydrogens (tertiary/aromatic N) is 3. The lowest BCUT2D eigenvalue weighted by Gasteiger charge is -2.15. The Morgan fingerprint density at radius 2 is 2.00 bits per heavy atom. The molecule has 0 unspecified atom stereocenters. The summed E-state index contributed by atoms with van der Waals surface area (Å²) < 4.78 is 2.64. The smallest absolute Gasteiger partial charge is 0.150 e. The molecule has 0 fully saturated rings. The Hall–Kier alpha value is -1.31. The molecule has 3 nitrogen and oxygen atoms in total. The van der Waals surface area contributed by atoms with Gasteiger partial charge in [0.2, 0.25) is 0 Å². The molecule has 5 heteroatoms. The summed E-state index contributed by atoms with van der Waals surface area (Å²) in [5.41, 5.74) is 2.84. The number of hydrogen-bond acceptors (Lipinski definition) is 2. The van der Waals surface area contributed by atoms with Crippen LogP contribution in [0.15, 0.2) is 22.7 Å². The minimum absolute atomic E-state index is 0.233. The summed E-state index contributed by atoms with van der Waals surface area (Å²) in [6.45, 7) is 8.04. The fourth-order valence-corrected chi connectivity index (χ4v) is 2.77. The molecule has 2 aromatic rings. The molecule has 0 aliphatic heterocycles. The van der Waals surface area contributed by atoms with Crippen molar-refractivity contribution in [3.8, 4) is 11.8 Å². The standard InChI is InChI=1S/C15H15BrClN3/c1-9-7-10(16)5-6-12(9)20-14(17)11(8-18)13(19-20)15(2,3)4/h5-7H,1-4H3. The fourth-order valence-electron chi connectivity index (χ4n) is 2.04. The lowest BCUT2D eigenvalue weighted by molar-refractivity contribution is 0.559. The summed E-state index contributed by atoms with van der Waals surface area (Å²) in [7, 11) is 0. The van der Waals surface area contributed by atoms with Crippen molar-refractivity contribution in [1.82, 2.24) is 9.78 Å². The molecular weight excluding hydrogens is 338 g/mol. The van der Waals surface area contributed by atoms with E-state index in [0.29, 0.717) is 16.4 Å². The molecule has 20 heavy (non-hydrogen) atoms. The number of halogens is 2. The highest BCUT2D eigenvalue weighted by atomic mass is 79.9. The van der Waals surface area contributed by atoms with Gasteiger partial charge in [0.25, 0.3) is 0 Å². The van der Waals surface area contributed by atoms with Crippen LogP contribution in [0.3, 0.4) is 0 Å². The van der Waals surface area contributed by atoms with Gasteiger partial charge in [-0.15, -0.1) is 0 Å². The Balaban J connectivity index is 2.71. The topological polar surface area (TPSA) is 41.6 Å². The SMILES string of the molecule is Cc1cc(Br)ccc1-n1nc(C(C)(C)C)c(C#N)c1Cl. The molecule has 0 saturated heterocycles. The molecule has 0 saturated carbocycles. The van der Waals surface area contributed by atoms with E-state index in [4.69, 9.17) is 11.6 Å². The van der Waals surface area contributed by atoms with Gasteiger partial charge in [0.15, 0.2) is 5.15 Å².